The van der Waals surface area contributed by atoms with Crippen LogP contribution in [0.15, 0.2) is 194 Å². The highest BCUT2D eigenvalue weighted by Gasteiger charge is 2.36. The molecule has 0 saturated heterocycles. The summed E-state index contributed by atoms with van der Waals surface area (Å²) in [6.07, 6.45) is 0. The van der Waals surface area contributed by atoms with Gasteiger partial charge in [-0.1, -0.05) is 141 Å². The van der Waals surface area contributed by atoms with E-state index in [9.17, 15) is 0 Å². The van der Waals surface area contributed by atoms with Crippen molar-refractivity contribution in [2.75, 3.05) is 4.90 Å². The summed E-state index contributed by atoms with van der Waals surface area (Å²) in [4.78, 5) is 12.8. The molecule has 57 heavy (non-hydrogen) atoms. The van der Waals surface area contributed by atoms with E-state index in [-0.39, 0.29) is 5.41 Å². The van der Waals surface area contributed by atoms with Crippen molar-refractivity contribution in [3.05, 3.63) is 205 Å². The van der Waals surface area contributed by atoms with Crippen LogP contribution in [-0.2, 0) is 5.41 Å². The molecule has 0 saturated carbocycles. The Morgan fingerprint density at radius 1 is 0.439 bits per heavy atom. The highest BCUT2D eigenvalue weighted by atomic mass is 15.2. The van der Waals surface area contributed by atoms with Gasteiger partial charge in [-0.05, 0) is 100 Å². The molecule has 2 aromatic heterocycles. The van der Waals surface area contributed by atoms with E-state index in [2.05, 4.69) is 199 Å². The van der Waals surface area contributed by atoms with Gasteiger partial charge in [0.2, 0.25) is 0 Å². The molecule has 0 amide bonds. The second-order valence-corrected chi connectivity index (χ2v) is 15.5. The standard InChI is InChI=1S/C53H38N4/c1-53(2)46-22-12-9-19-41(46)42-31-30-40(34-47(42)53)56(52-44-21-10-13-23-48(44)54-51(55-52)36-15-5-3-6-16-36)39-28-25-35(26-29-39)37-27-32-50-45(33-37)43-20-11-14-24-49(43)57(50)38-17-7-4-8-18-38/h3-34H,1-2H3. The molecule has 0 radical (unpaired) electrons. The Morgan fingerprint density at radius 3 is 1.89 bits per heavy atom. The maximum atomic E-state index is 5.38. The summed E-state index contributed by atoms with van der Waals surface area (Å²) >= 11 is 0. The van der Waals surface area contributed by atoms with Crippen LogP contribution in [-0.4, -0.2) is 14.5 Å². The SMILES string of the molecule is CC1(C)c2ccccc2-c2ccc(N(c3ccc(-c4ccc5c(c4)c4ccccc4n5-c4ccccc4)cc3)c3nc(-c4ccccc4)nc4ccccc34)cc21. The number of nitrogens with zero attached hydrogens (tertiary/aromatic N) is 4. The van der Waals surface area contributed by atoms with Crippen molar-refractivity contribution in [1.29, 1.82) is 0 Å². The maximum absolute atomic E-state index is 5.38. The van der Waals surface area contributed by atoms with Gasteiger partial charge in [-0.15, -0.1) is 0 Å². The van der Waals surface area contributed by atoms with Crippen LogP contribution >= 0.6 is 0 Å². The average molecular weight is 731 g/mol. The summed E-state index contributed by atoms with van der Waals surface area (Å²) in [6.45, 7) is 4.67. The Kier molecular flexibility index (Phi) is 7.48. The Hall–Kier alpha value is -7.30. The monoisotopic (exact) mass is 730 g/mol. The second kappa shape index (κ2) is 12.9. The van der Waals surface area contributed by atoms with Gasteiger partial charge in [-0.25, -0.2) is 9.97 Å². The third-order valence-electron chi connectivity index (χ3n) is 11.8. The molecule has 270 valence electrons. The normalized spacial score (nSPS) is 12.9. The van der Waals surface area contributed by atoms with Gasteiger partial charge in [0.25, 0.3) is 0 Å². The Labute approximate surface area is 332 Å². The van der Waals surface area contributed by atoms with Crippen LogP contribution in [0.4, 0.5) is 17.2 Å². The molecule has 10 aromatic rings. The van der Waals surface area contributed by atoms with Crippen molar-refractivity contribution in [1.82, 2.24) is 14.5 Å². The number of aromatic nitrogens is 3. The molecule has 2 heterocycles. The van der Waals surface area contributed by atoms with E-state index in [1.807, 2.05) is 18.2 Å². The van der Waals surface area contributed by atoms with Gasteiger partial charge in [0.1, 0.15) is 5.82 Å². The molecule has 0 N–H and O–H groups in total. The van der Waals surface area contributed by atoms with Crippen molar-refractivity contribution in [2.45, 2.75) is 19.3 Å². The zero-order valence-electron chi connectivity index (χ0n) is 31.8. The minimum absolute atomic E-state index is 0.150. The first kappa shape index (κ1) is 33.1. The minimum atomic E-state index is -0.150. The van der Waals surface area contributed by atoms with Crippen LogP contribution in [0.2, 0.25) is 0 Å². The molecule has 1 aliphatic rings. The highest BCUT2D eigenvalue weighted by Crippen LogP contribution is 2.51. The number of fused-ring (bicyclic) bond motifs is 7. The third-order valence-corrected chi connectivity index (χ3v) is 11.8. The molecule has 11 rings (SSSR count). The number of hydrogen-bond donors (Lipinski definition) is 0. The van der Waals surface area contributed by atoms with Gasteiger partial charge >= 0.3 is 0 Å². The van der Waals surface area contributed by atoms with Gasteiger partial charge in [0.15, 0.2) is 5.82 Å². The van der Waals surface area contributed by atoms with E-state index < -0.39 is 0 Å². The zero-order valence-corrected chi connectivity index (χ0v) is 31.8. The summed E-state index contributed by atoms with van der Waals surface area (Å²) in [5.74, 6) is 1.54. The lowest BCUT2D eigenvalue weighted by Gasteiger charge is -2.28. The lowest BCUT2D eigenvalue weighted by atomic mass is 9.82. The molecular weight excluding hydrogens is 693 g/mol. The molecule has 0 aliphatic heterocycles. The van der Waals surface area contributed by atoms with Gasteiger partial charge in [-0.2, -0.15) is 0 Å². The van der Waals surface area contributed by atoms with Crippen molar-refractivity contribution in [2.24, 2.45) is 0 Å². The predicted molar refractivity (Wildman–Crippen MR) is 237 cm³/mol. The van der Waals surface area contributed by atoms with E-state index in [4.69, 9.17) is 9.97 Å². The molecule has 4 nitrogen and oxygen atoms in total. The average Bonchev–Trinajstić information content (AvgIpc) is 3.72. The zero-order chi connectivity index (χ0) is 38.1. The van der Waals surface area contributed by atoms with Crippen LogP contribution in [0.1, 0.15) is 25.0 Å². The summed E-state index contributed by atoms with van der Waals surface area (Å²) in [6, 6.07) is 69.5. The smallest absolute Gasteiger partial charge is 0.162 e. The largest absolute Gasteiger partial charge is 0.309 e. The quantitative estimate of drug-likeness (QED) is 0.171. The molecule has 0 bridgehead atoms. The van der Waals surface area contributed by atoms with E-state index in [0.717, 1.165) is 44.9 Å². The number of hydrogen-bond acceptors (Lipinski definition) is 3. The van der Waals surface area contributed by atoms with Gasteiger partial charge in [0.05, 0.1) is 16.6 Å². The number of anilines is 3. The second-order valence-electron chi connectivity index (χ2n) is 15.5. The highest BCUT2D eigenvalue weighted by molar-refractivity contribution is 6.10. The molecule has 8 aromatic carbocycles. The van der Waals surface area contributed by atoms with Crippen LogP contribution in [0, 0.1) is 0 Å². The number of rotatable bonds is 6. The fraction of sp³-hybridized carbons (Fsp3) is 0.0566. The van der Waals surface area contributed by atoms with Crippen LogP contribution in [0.3, 0.4) is 0 Å². The first-order valence-electron chi connectivity index (χ1n) is 19.6. The fourth-order valence-corrected chi connectivity index (χ4v) is 8.98. The van der Waals surface area contributed by atoms with Crippen LogP contribution < -0.4 is 4.90 Å². The maximum Gasteiger partial charge on any atom is 0.162 e. The van der Waals surface area contributed by atoms with Gasteiger partial charge in [-0.3, -0.25) is 4.90 Å². The Bertz CT molecular complexity index is 3140. The molecule has 0 unspecified atom stereocenters. The van der Waals surface area contributed by atoms with Crippen molar-refractivity contribution >= 4 is 49.9 Å². The predicted octanol–water partition coefficient (Wildman–Crippen LogP) is 13.8. The topological polar surface area (TPSA) is 34.0 Å². The summed E-state index contributed by atoms with van der Waals surface area (Å²) in [7, 11) is 0. The fourth-order valence-electron chi connectivity index (χ4n) is 8.98. The van der Waals surface area contributed by atoms with E-state index >= 15 is 0 Å². The lowest BCUT2D eigenvalue weighted by Crippen LogP contribution is -2.17. The number of para-hydroxylation sites is 3. The summed E-state index contributed by atoms with van der Waals surface area (Å²) in [5, 5.41) is 3.47. The first-order chi connectivity index (χ1) is 28.0. The Balaban J connectivity index is 1.08. The van der Waals surface area contributed by atoms with Crippen molar-refractivity contribution < 1.29 is 0 Å². The summed E-state index contributed by atoms with van der Waals surface area (Å²) < 4.78 is 2.36. The number of benzene rings is 8. The van der Waals surface area contributed by atoms with Crippen molar-refractivity contribution in [3.8, 4) is 39.3 Å². The van der Waals surface area contributed by atoms with Crippen molar-refractivity contribution in [3.63, 3.8) is 0 Å². The van der Waals surface area contributed by atoms with E-state index in [1.54, 1.807) is 0 Å². The summed E-state index contributed by atoms with van der Waals surface area (Å²) in [5.41, 5.74) is 15.0. The Morgan fingerprint density at radius 2 is 1.07 bits per heavy atom. The van der Waals surface area contributed by atoms with E-state index in [0.29, 0.717) is 5.82 Å². The minimum Gasteiger partial charge on any atom is -0.309 e. The molecular formula is C53H38N4. The molecule has 0 spiro atoms. The third kappa shape index (κ3) is 5.29. The molecule has 0 fully saturated rings. The van der Waals surface area contributed by atoms with Crippen LogP contribution in [0.25, 0.3) is 72.0 Å². The van der Waals surface area contributed by atoms with E-state index in [1.165, 1.54) is 49.6 Å². The van der Waals surface area contributed by atoms with Gasteiger partial charge < -0.3 is 4.57 Å². The molecule has 4 heteroatoms. The molecule has 0 atom stereocenters. The first-order valence-corrected chi connectivity index (χ1v) is 19.6. The van der Waals surface area contributed by atoms with Crippen LogP contribution in [0.5, 0.6) is 0 Å². The molecule has 1 aliphatic carbocycles. The lowest BCUT2D eigenvalue weighted by molar-refractivity contribution is 0.660. The van der Waals surface area contributed by atoms with Gasteiger partial charge in [0, 0.05) is 44.2 Å².